The summed E-state index contributed by atoms with van der Waals surface area (Å²) in [6.07, 6.45) is 17.8. The zero-order chi connectivity index (χ0) is 10.3. The molecule has 5 aliphatic carbocycles. The lowest BCUT2D eigenvalue weighted by atomic mass is 9.60. The van der Waals surface area contributed by atoms with E-state index in [1.165, 1.54) is 12.8 Å². The molecule has 4 bridgehead atoms. The molecule has 3 fully saturated rings. The van der Waals surface area contributed by atoms with Crippen molar-refractivity contribution in [1.82, 2.24) is 0 Å². The van der Waals surface area contributed by atoms with Crippen LogP contribution in [0.15, 0.2) is 24.3 Å². The fourth-order valence-electron chi connectivity index (χ4n) is 6.44. The second-order valence-electron chi connectivity index (χ2n) is 7.14. The van der Waals surface area contributed by atoms with Crippen LogP contribution in [0.25, 0.3) is 0 Å². The van der Waals surface area contributed by atoms with Gasteiger partial charge in [0.25, 0.3) is 0 Å². The summed E-state index contributed by atoms with van der Waals surface area (Å²) < 4.78 is 0. The molecule has 0 heterocycles. The highest BCUT2D eigenvalue weighted by Gasteiger charge is 2.64. The minimum absolute atomic E-state index is 0.778. The first kappa shape index (κ1) is 8.55. The molecule has 0 N–H and O–H groups in total. The molecule has 0 nitrogen and oxygen atoms in total. The van der Waals surface area contributed by atoms with E-state index in [1.54, 1.807) is 19.3 Å². The van der Waals surface area contributed by atoms with Crippen LogP contribution in [-0.2, 0) is 0 Å². The molecule has 0 aromatic rings. The maximum Gasteiger partial charge on any atom is -0.0166 e. The van der Waals surface area contributed by atoms with Crippen molar-refractivity contribution < 1.29 is 0 Å². The predicted octanol–water partition coefficient (Wildman–Crippen LogP) is 3.80. The molecule has 0 aromatic carbocycles. The highest BCUT2D eigenvalue weighted by atomic mass is 14.7. The van der Waals surface area contributed by atoms with Gasteiger partial charge in [0.1, 0.15) is 0 Å². The minimum atomic E-state index is 0.778. The van der Waals surface area contributed by atoms with Crippen molar-refractivity contribution in [3.63, 3.8) is 0 Å². The summed E-state index contributed by atoms with van der Waals surface area (Å²) in [6.45, 7) is 0. The van der Waals surface area contributed by atoms with Crippen molar-refractivity contribution in [2.24, 2.45) is 40.9 Å². The van der Waals surface area contributed by atoms with Crippen LogP contribution in [0.1, 0.15) is 32.1 Å². The fraction of sp³-hybridized carbons (Fsp3) is 0.750. The van der Waals surface area contributed by atoms with Crippen molar-refractivity contribution in [2.45, 2.75) is 32.1 Å². The lowest BCUT2D eigenvalue weighted by Gasteiger charge is -2.44. The van der Waals surface area contributed by atoms with Gasteiger partial charge in [-0.1, -0.05) is 24.3 Å². The molecule has 0 saturated heterocycles. The highest BCUT2D eigenvalue weighted by molar-refractivity contribution is 5.25. The first-order chi connectivity index (χ1) is 7.87. The SMILES string of the molecule is C1=CC2C(C1)C1CC2C2(CC3C=CC2C3)C1. The molecular weight excluding hydrogens is 192 g/mol. The summed E-state index contributed by atoms with van der Waals surface area (Å²) in [4.78, 5) is 0. The second-order valence-corrected chi connectivity index (χ2v) is 7.14. The Morgan fingerprint density at radius 1 is 1.00 bits per heavy atom. The lowest BCUT2D eigenvalue weighted by molar-refractivity contribution is 0.0694. The maximum absolute atomic E-state index is 2.59. The van der Waals surface area contributed by atoms with E-state index < -0.39 is 0 Å². The third-order valence-electron chi connectivity index (χ3n) is 6.82. The topological polar surface area (TPSA) is 0 Å². The molecular formula is C16H20. The van der Waals surface area contributed by atoms with Gasteiger partial charge in [0, 0.05) is 0 Å². The van der Waals surface area contributed by atoms with Crippen LogP contribution in [0, 0.1) is 40.9 Å². The molecule has 0 heteroatoms. The van der Waals surface area contributed by atoms with Crippen molar-refractivity contribution in [3.05, 3.63) is 24.3 Å². The van der Waals surface area contributed by atoms with E-state index in [1.807, 2.05) is 0 Å². The van der Waals surface area contributed by atoms with E-state index in [0.29, 0.717) is 0 Å². The highest BCUT2D eigenvalue weighted by Crippen LogP contribution is 2.72. The van der Waals surface area contributed by atoms with Crippen molar-refractivity contribution >= 4 is 0 Å². The van der Waals surface area contributed by atoms with Crippen LogP contribution >= 0.6 is 0 Å². The minimum Gasteiger partial charge on any atom is -0.0879 e. The summed E-state index contributed by atoms with van der Waals surface area (Å²) >= 11 is 0. The van der Waals surface area contributed by atoms with Crippen molar-refractivity contribution in [3.8, 4) is 0 Å². The average molecular weight is 212 g/mol. The van der Waals surface area contributed by atoms with Crippen LogP contribution in [0.4, 0.5) is 0 Å². The zero-order valence-electron chi connectivity index (χ0n) is 9.81. The quantitative estimate of drug-likeness (QED) is 0.536. The van der Waals surface area contributed by atoms with E-state index in [-0.39, 0.29) is 0 Å². The molecule has 0 radical (unpaired) electrons. The third kappa shape index (κ3) is 0.762. The van der Waals surface area contributed by atoms with Gasteiger partial charge in [0.05, 0.1) is 0 Å². The largest absolute Gasteiger partial charge is 0.0879 e. The second kappa shape index (κ2) is 2.49. The Kier molecular flexibility index (Phi) is 1.33. The molecule has 5 aliphatic rings. The molecule has 1 spiro atoms. The monoisotopic (exact) mass is 212 g/mol. The van der Waals surface area contributed by atoms with Crippen molar-refractivity contribution in [1.29, 1.82) is 0 Å². The van der Waals surface area contributed by atoms with E-state index >= 15 is 0 Å². The van der Waals surface area contributed by atoms with Crippen molar-refractivity contribution in [2.75, 3.05) is 0 Å². The molecule has 84 valence electrons. The smallest absolute Gasteiger partial charge is 0.0166 e. The van der Waals surface area contributed by atoms with Crippen LogP contribution in [0.5, 0.6) is 0 Å². The Balaban J connectivity index is 1.59. The predicted molar refractivity (Wildman–Crippen MR) is 64.7 cm³/mol. The van der Waals surface area contributed by atoms with Gasteiger partial charge in [-0.15, -0.1) is 0 Å². The Bertz CT molecular complexity index is 404. The van der Waals surface area contributed by atoms with Gasteiger partial charge in [-0.05, 0) is 73.0 Å². The number of hydrogen-bond acceptors (Lipinski definition) is 0. The lowest BCUT2D eigenvalue weighted by Crippen LogP contribution is -2.38. The third-order valence-corrected chi connectivity index (χ3v) is 6.82. The number of fused-ring (bicyclic) bond motifs is 9. The average Bonchev–Trinajstić information content (AvgIpc) is 3.00. The van der Waals surface area contributed by atoms with Gasteiger partial charge in [-0.2, -0.15) is 0 Å². The number of rotatable bonds is 0. The zero-order valence-corrected chi connectivity index (χ0v) is 9.81. The molecule has 7 unspecified atom stereocenters. The number of hydrogen-bond donors (Lipinski definition) is 0. The molecule has 16 heavy (non-hydrogen) atoms. The molecule has 0 aliphatic heterocycles. The van der Waals surface area contributed by atoms with Crippen LogP contribution in [0.2, 0.25) is 0 Å². The summed E-state index contributed by atoms with van der Waals surface area (Å²) in [7, 11) is 0. The molecule has 3 saturated carbocycles. The standard InChI is InChI=1S/C16H20/c1-2-13-11-7-15(14(13)3-1)16(9-11)8-10-4-5-12(16)6-10/h1,3-5,10-15H,2,6-9H2. The fourth-order valence-corrected chi connectivity index (χ4v) is 6.44. The van der Waals surface area contributed by atoms with E-state index in [9.17, 15) is 0 Å². The van der Waals surface area contributed by atoms with Crippen LogP contribution < -0.4 is 0 Å². The Morgan fingerprint density at radius 3 is 2.81 bits per heavy atom. The van der Waals surface area contributed by atoms with Gasteiger partial charge in [0.2, 0.25) is 0 Å². The summed E-state index contributed by atoms with van der Waals surface area (Å²) in [5.74, 6) is 6.17. The van der Waals surface area contributed by atoms with E-state index in [2.05, 4.69) is 24.3 Å². The summed E-state index contributed by atoms with van der Waals surface area (Å²) in [5, 5.41) is 0. The van der Waals surface area contributed by atoms with E-state index in [0.717, 1.165) is 40.9 Å². The molecule has 0 aromatic heterocycles. The Morgan fingerprint density at radius 2 is 2.00 bits per heavy atom. The van der Waals surface area contributed by atoms with Gasteiger partial charge in [-0.3, -0.25) is 0 Å². The molecule has 0 amide bonds. The summed E-state index contributed by atoms with van der Waals surface area (Å²) in [5.41, 5.74) is 0.778. The van der Waals surface area contributed by atoms with Gasteiger partial charge in [-0.25, -0.2) is 0 Å². The Labute approximate surface area is 97.8 Å². The van der Waals surface area contributed by atoms with Gasteiger partial charge >= 0.3 is 0 Å². The van der Waals surface area contributed by atoms with Crippen LogP contribution in [0.3, 0.4) is 0 Å². The first-order valence-corrected chi connectivity index (χ1v) is 7.22. The first-order valence-electron chi connectivity index (χ1n) is 7.22. The van der Waals surface area contributed by atoms with Crippen LogP contribution in [-0.4, -0.2) is 0 Å². The molecule has 7 atom stereocenters. The normalized spacial score (nSPS) is 64.0. The van der Waals surface area contributed by atoms with Gasteiger partial charge < -0.3 is 0 Å². The molecule has 5 rings (SSSR count). The Hall–Kier alpha value is -0.520. The van der Waals surface area contributed by atoms with Gasteiger partial charge in [0.15, 0.2) is 0 Å². The maximum atomic E-state index is 2.59. The van der Waals surface area contributed by atoms with E-state index in [4.69, 9.17) is 0 Å². The number of allylic oxidation sites excluding steroid dienone is 4. The summed E-state index contributed by atoms with van der Waals surface area (Å²) in [6, 6.07) is 0.